The van der Waals surface area contributed by atoms with Crippen molar-refractivity contribution in [1.82, 2.24) is 0 Å². The normalized spacial score (nSPS) is 21.8. The van der Waals surface area contributed by atoms with E-state index in [1.54, 1.807) is 0 Å². The van der Waals surface area contributed by atoms with Gasteiger partial charge in [0.05, 0.1) is 0 Å². The summed E-state index contributed by atoms with van der Waals surface area (Å²) >= 11 is -2.71. The van der Waals surface area contributed by atoms with Crippen molar-refractivity contribution < 1.29 is 0 Å². The summed E-state index contributed by atoms with van der Waals surface area (Å²) in [5, 5.41) is 0. The maximum atomic E-state index is 7.84. The second-order valence-corrected chi connectivity index (χ2v) is 24.7. The van der Waals surface area contributed by atoms with Gasteiger partial charge in [0.1, 0.15) is 0 Å². The molecule has 0 radical (unpaired) electrons. The molecule has 0 bridgehead atoms. The maximum absolute atomic E-state index is 7.84. The Morgan fingerprint density at radius 3 is 1.75 bits per heavy atom. The fourth-order valence-electron chi connectivity index (χ4n) is 5.46. The van der Waals surface area contributed by atoms with Crippen LogP contribution >= 0.6 is 8.92 Å². The molecule has 134 valence electrons. The molecule has 1 aromatic rings. The summed E-state index contributed by atoms with van der Waals surface area (Å²) < 4.78 is 3.20. The van der Waals surface area contributed by atoms with Gasteiger partial charge in [0, 0.05) is 0 Å². The molecule has 0 heterocycles. The van der Waals surface area contributed by atoms with E-state index < -0.39 is 17.3 Å². The first-order chi connectivity index (χ1) is 11.5. The van der Waals surface area contributed by atoms with Gasteiger partial charge in [-0.2, -0.15) is 0 Å². The van der Waals surface area contributed by atoms with Crippen LogP contribution in [0.25, 0.3) is 0 Å². The number of rotatable bonds is 5. The van der Waals surface area contributed by atoms with E-state index in [0.29, 0.717) is 0 Å². The zero-order chi connectivity index (χ0) is 17.0. The Morgan fingerprint density at radius 1 is 0.833 bits per heavy atom. The third-order valence-corrected chi connectivity index (χ3v) is 27.0. The van der Waals surface area contributed by atoms with Crippen LogP contribution in [-0.4, -0.2) is 17.3 Å². The molecule has 0 saturated heterocycles. The van der Waals surface area contributed by atoms with Gasteiger partial charge in [-0.05, 0) is 0 Å². The van der Waals surface area contributed by atoms with E-state index in [1.807, 2.05) is 0 Å². The Labute approximate surface area is 157 Å². The Bertz CT molecular complexity index is 480. The van der Waals surface area contributed by atoms with Crippen LogP contribution in [0, 0.1) is 0 Å². The van der Waals surface area contributed by atoms with Gasteiger partial charge in [0.2, 0.25) is 0 Å². The molecular formula is C22H35ClSn. The van der Waals surface area contributed by atoms with E-state index in [0.717, 1.165) is 7.87 Å². The Hall–Kier alpha value is 0.309. The molecule has 1 aromatic carbocycles. The van der Waals surface area contributed by atoms with Crippen LogP contribution in [0.2, 0.25) is 12.3 Å². The molecule has 0 aromatic heterocycles. The van der Waals surface area contributed by atoms with Gasteiger partial charge in [-0.15, -0.1) is 0 Å². The van der Waals surface area contributed by atoms with Gasteiger partial charge in [-0.25, -0.2) is 0 Å². The summed E-state index contributed by atoms with van der Waals surface area (Å²) in [6.07, 6.45) is 14.4. The van der Waals surface area contributed by atoms with E-state index in [-0.39, 0.29) is 5.41 Å². The first-order valence-corrected chi connectivity index (χ1v) is 19.2. The summed E-state index contributed by atoms with van der Waals surface area (Å²) in [5.74, 6) is 0. The van der Waals surface area contributed by atoms with Gasteiger partial charge in [0.15, 0.2) is 0 Å². The molecule has 2 saturated carbocycles. The molecule has 3 rings (SSSR count). The average Bonchev–Trinajstić information content (AvgIpc) is 2.63. The van der Waals surface area contributed by atoms with Crippen molar-refractivity contribution in [1.29, 1.82) is 0 Å². The van der Waals surface area contributed by atoms with E-state index in [4.69, 9.17) is 8.92 Å². The Morgan fingerprint density at radius 2 is 1.29 bits per heavy atom. The fraction of sp³-hybridized carbons (Fsp3) is 0.727. The topological polar surface area (TPSA) is 0 Å². The van der Waals surface area contributed by atoms with Gasteiger partial charge < -0.3 is 0 Å². The number of hydrogen-bond donors (Lipinski definition) is 0. The van der Waals surface area contributed by atoms with Crippen LogP contribution in [0.3, 0.4) is 0 Å². The van der Waals surface area contributed by atoms with Crippen LogP contribution in [0.4, 0.5) is 0 Å². The van der Waals surface area contributed by atoms with Gasteiger partial charge in [-0.1, -0.05) is 0 Å². The van der Waals surface area contributed by atoms with Crippen molar-refractivity contribution in [3.05, 3.63) is 35.9 Å². The molecule has 0 amide bonds. The molecule has 2 fully saturated rings. The zero-order valence-corrected chi connectivity index (χ0v) is 19.3. The summed E-state index contributed by atoms with van der Waals surface area (Å²) in [4.78, 5) is 0. The molecule has 2 aliphatic rings. The molecule has 0 spiro atoms. The Balaban J connectivity index is 1.86. The van der Waals surface area contributed by atoms with Gasteiger partial charge >= 0.3 is 158 Å². The summed E-state index contributed by atoms with van der Waals surface area (Å²) in [7, 11) is 7.84. The van der Waals surface area contributed by atoms with Gasteiger partial charge in [0.25, 0.3) is 0 Å². The fourth-order valence-corrected chi connectivity index (χ4v) is 26.4. The standard InChI is InChI=1S/C10H13.2C6H11.ClH.Sn/c1-10(2,3)9-7-5-4-6-8-9;2*1-2-4-6-5-3-1;;/h4-8H,1H2,2-3H3;2*1H,2-6H2;1H;/q;;;;+1/p-1. The summed E-state index contributed by atoms with van der Waals surface area (Å²) in [6.45, 7) is 4.92. The first-order valence-electron chi connectivity index (χ1n) is 10.3. The second-order valence-electron chi connectivity index (χ2n) is 9.02. The van der Waals surface area contributed by atoms with Crippen LogP contribution in [0.1, 0.15) is 83.6 Å². The van der Waals surface area contributed by atoms with E-state index in [9.17, 15) is 0 Å². The van der Waals surface area contributed by atoms with Crippen LogP contribution < -0.4 is 0 Å². The van der Waals surface area contributed by atoms with Crippen molar-refractivity contribution in [2.45, 2.75) is 95.8 Å². The predicted molar refractivity (Wildman–Crippen MR) is 110 cm³/mol. The predicted octanol–water partition coefficient (Wildman–Crippen LogP) is 7.82. The third kappa shape index (κ3) is 4.34. The second kappa shape index (κ2) is 8.33. The number of hydrogen-bond acceptors (Lipinski definition) is 0. The summed E-state index contributed by atoms with van der Waals surface area (Å²) in [5.41, 5.74) is 1.74. The minimum atomic E-state index is -2.71. The molecule has 2 heteroatoms. The molecule has 2 aliphatic carbocycles. The summed E-state index contributed by atoms with van der Waals surface area (Å²) in [6, 6.07) is 11.2. The molecule has 0 nitrogen and oxygen atoms in total. The van der Waals surface area contributed by atoms with Crippen molar-refractivity contribution >= 4 is 26.2 Å². The molecule has 0 unspecified atom stereocenters. The monoisotopic (exact) mass is 454 g/mol. The molecule has 0 aliphatic heterocycles. The third-order valence-electron chi connectivity index (χ3n) is 6.84. The first kappa shape index (κ1) is 19.1. The quantitative estimate of drug-likeness (QED) is 0.399. The van der Waals surface area contributed by atoms with E-state index in [2.05, 4.69) is 44.2 Å². The Kier molecular flexibility index (Phi) is 6.63. The van der Waals surface area contributed by atoms with Crippen molar-refractivity contribution in [2.75, 3.05) is 0 Å². The molecule has 0 atom stereocenters. The van der Waals surface area contributed by atoms with Crippen LogP contribution in [0.15, 0.2) is 30.3 Å². The van der Waals surface area contributed by atoms with Crippen molar-refractivity contribution in [3.63, 3.8) is 0 Å². The number of halogens is 1. The van der Waals surface area contributed by atoms with Crippen molar-refractivity contribution in [3.8, 4) is 0 Å². The van der Waals surface area contributed by atoms with Gasteiger partial charge in [-0.3, -0.25) is 0 Å². The van der Waals surface area contributed by atoms with Crippen LogP contribution in [-0.2, 0) is 5.41 Å². The molecular weight excluding hydrogens is 418 g/mol. The number of benzene rings is 1. The SMILES string of the molecule is CC(C)([CH2][Sn]([Cl])([CH]1CCCCC1)[CH]1CCCCC1)c1ccccc1. The molecule has 24 heavy (non-hydrogen) atoms. The molecule has 0 N–H and O–H groups in total. The zero-order valence-electron chi connectivity index (χ0n) is 15.7. The van der Waals surface area contributed by atoms with Crippen LogP contribution in [0.5, 0.6) is 0 Å². The van der Waals surface area contributed by atoms with E-state index in [1.165, 1.54) is 74.2 Å². The minimum absolute atomic E-state index is 0.244. The van der Waals surface area contributed by atoms with Crippen molar-refractivity contribution in [2.24, 2.45) is 0 Å². The van der Waals surface area contributed by atoms with E-state index >= 15 is 0 Å². The average molecular weight is 454 g/mol.